The number of thiazole rings is 1. The lowest BCUT2D eigenvalue weighted by molar-refractivity contribution is -0.139. The number of hydrogen-bond donors (Lipinski definition) is 1. The SMILES string of the molecule is CCOC(=O)C1=C(C)N=c2s/c(=C\c3c(C)[nH]c4ccccc34)c(=O)n2[C@@H]1c1ccc(OCC)c(OCC)c1. The lowest BCUT2D eigenvalue weighted by Gasteiger charge is -2.25. The molecule has 0 unspecified atom stereocenters. The molecular formula is C30H31N3O5S. The van der Waals surface area contributed by atoms with Crippen molar-refractivity contribution >= 4 is 34.3 Å². The minimum atomic E-state index is -0.735. The first kappa shape index (κ1) is 26.5. The molecule has 2 aromatic heterocycles. The fraction of sp³-hybridized carbons (Fsp3) is 0.300. The Balaban J connectivity index is 1.75. The summed E-state index contributed by atoms with van der Waals surface area (Å²) in [5.41, 5.74) is 4.24. The number of hydrogen-bond acceptors (Lipinski definition) is 7. The van der Waals surface area contributed by atoms with Gasteiger partial charge in [0.25, 0.3) is 5.56 Å². The fourth-order valence-corrected chi connectivity index (χ4v) is 5.99. The smallest absolute Gasteiger partial charge is 0.338 e. The Morgan fingerprint density at radius 1 is 1.05 bits per heavy atom. The molecule has 0 saturated carbocycles. The van der Waals surface area contributed by atoms with E-state index in [-0.39, 0.29) is 12.2 Å². The Kier molecular flexibility index (Phi) is 7.43. The van der Waals surface area contributed by atoms with Crippen LogP contribution in [0.1, 0.15) is 50.6 Å². The molecular weight excluding hydrogens is 514 g/mol. The second kappa shape index (κ2) is 10.9. The molecule has 1 aliphatic rings. The Morgan fingerprint density at radius 3 is 2.54 bits per heavy atom. The molecule has 9 heteroatoms. The lowest BCUT2D eigenvalue weighted by atomic mass is 9.95. The predicted molar refractivity (Wildman–Crippen MR) is 152 cm³/mol. The van der Waals surface area contributed by atoms with Crippen LogP contribution < -0.4 is 24.4 Å². The van der Waals surface area contributed by atoms with Gasteiger partial charge in [-0.05, 0) is 64.5 Å². The van der Waals surface area contributed by atoms with Crippen LogP contribution >= 0.6 is 11.3 Å². The maximum absolute atomic E-state index is 14.0. The van der Waals surface area contributed by atoms with Crippen LogP contribution in [0.15, 0.2) is 63.5 Å². The van der Waals surface area contributed by atoms with E-state index in [1.54, 1.807) is 18.4 Å². The third-order valence-electron chi connectivity index (χ3n) is 6.62. The van der Waals surface area contributed by atoms with E-state index in [1.807, 2.05) is 69.3 Å². The van der Waals surface area contributed by atoms with Crippen molar-refractivity contribution in [3.05, 3.63) is 90.2 Å². The van der Waals surface area contributed by atoms with Crippen LogP contribution in [0, 0.1) is 6.92 Å². The van der Waals surface area contributed by atoms with Gasteiger partial charge < -0.3 is 19.2 Å². The van der Waals surface area contributed by atoms with Crippen LogP contribution in [-0.2, 0) is 9.53 Å². The van der Waals surface area contributed by atoms with Crippen molar-refractivity contribution in [3.63, 3.8) is 0 Å². The van der Waals surface area contributed by atoms with E-state index >= 15 is 0 Å². The molecule has 8 nitrogen and oxygen atoms in total. The van der Waals surface area contributed by atoms with Crippen LogP contribution in [0.5, 0.6) is 11.5 Å². The molecule has 0 amide bonds. The highest BCUT2D eigenvalue weighted by molar-refractivity contribution is 7.07. The number of ether oxygens (including phenoxy) is 3. The number of carbonyl (C=O) groups excluding carboxylic acids is 1. The van der Waals surface area contributed by atoms with E-state index in [9.17, 15) is 9.59 Å². The summed E-state index contributed by atoms with van der Waals surface area (Å²) in [6, 6.07) is 12.8. The number of nitrogens with one attached hydrogen (secondary N) is 1. The van der Waals surface area contributed by atoms with Crippen molar-refractivity contribution in [1.29, 1.82) is 0 Å². The summed E-state index contributed by atoms with van der Waals surface area (Å²) in [5.74, 6) is 0.646. The molecule has 0 spiro atoms. The number of fused-ring (bicyclic) bond motifs is 2. The average Bonchev–Trinajstić information content (AvgIpc) is 3.40. The molecule has 1 aliphatic heterocycles. The van der Waals surface area contributed by atoms with E-state index < -0.39 is 12.0 Å². The number of aromatic nitrogens is 2. The molecule has 3 heterocycles. The van der Waals surface area contributed by atoms with Gasteiger partial charge >= 0.3 is 5.97 Å². The molecule has 0 radical (unpaired) electrons. The molecule has 1 N–H and O–H groups in total. The number of allylic oxidation sites excluding steroid dienone is 1. The predicted octanol–water partition coefficient (Wildman–Crippen LogP) is 4.39. The Labute approximate surface area is 229 Å². The van der Waals surface area contributed by atoms with Crippen molar-refractivity contribution in [3.8, 4) is 11.5 Å². The van der Waals surface area contributed by atoms with E-state index in [4.69, 9.17) is 14.2 Å². The number of rotatable bonds is 8. The molecule has 5 rings (SSSR count). The standard InChI is InChI=1S/C30H31N3O5S/c1-6-36-23-14-13-19(15-24(23)37-7-2)27-26(29(35)38-8-3)18(5)32-30-33(27)28(34)25(39-30)16-21-17(4)31-22-12-10-9-11-20(21)22/h9-16,27,31H,6-8H2,1-5H3/b25-16-/t27-/m1/s1. The summed E-state index contributed by atoms with van der Waals surface area (Å²) >= 11 is 1.30. The molecule has 2 aromatic carbocycles. The van der Waals surface area contributed by atoms with Crippen molar-refractivity contribution in [2.24, 2.45) is 4.99 Å². The monoisotopic (exact) mass is 545 g/mol. The van der Waals surface area contributed by atoms with E-state index in [0.717, 1.165) is 22.2 Å². The van der Waals surface area contributed by atoms with Crippen molar-refractivity contribution < 1.29 is 19.0 Å². The zero-order valence-corrected chi connectivity index (χ0v) is 23.5. The first-order chi connectivity index (χ1) is 18.9. The molecule has 4 aromatic rings. The summed E-state index contributed by atoms with van der Waals surface area (Å²) in [6.45, 7) is 10.5. The Bertz CT molecular complexity index is 1780. The highest BCUT2D eigenvalue weighted by Gasteiger charge is 2.34. The number of para-hydroxylation sites is 1. The molecule has 202 valence electrons. The number of benzene rings is 2. The molecule has 39 heavy (non-hydrogen) atoms. The van der Waals surface area contributed by atoms with Gasteiger partial charge in [0.1, 0.15) is 0 Å². The normalized spacial score (nSPS) is 15.3. The molecule has 0 aliphatic carbocycles. The number of esters is 1. The maximum atomic E-state index is 14.0. The van der Waals surface area contributed by atoms with Crippen LogP contribution in [0.2, 0.25) is 0 Å². The quantitative estimate of drug-likeness (QED) is 0.332. The van der Waals surface area contributed by atoms with Gasteiger partial charge in [0, 0.05) is 22.2 Å². The second-order valence-corrected chi connectivity index (χ2v) is 10.1. The van der Waals surface area contributed by atoms with Gasteiger partial charge in [0.15, 0.2) is 16.3 Å². The first-order valence-electron chi connectivity index (χ1n) is 13.0. The minimum absolute atomic E-state index is 0.208. The molecule has 0 fully saturated rings. The van der Waals surface area contributed by atoms with Crippen molar-refractivity contribution in [2.75, 3.05) is 19.8 Å². The molecule has 0 saturated heterocycles. The topological polar surface area (TPSA) is 94.9 Å². The summed E-state index contributed by atoms with van der Waals surface area (Å²) in [6.07, 6.45) is 1.91. The highest BCUT2D eigenvalue weighted by atomic mass is 32.1. The summed E-state index contributed by atoms with van der Waals surface area (Å²) < 4.78 is 19.1. The van der Waals surface area contributed by atoms with Gasteiger partial charge in [-0.2, -0.15) is 0 Å². The van der Waals surface area contributed by atoms with Gasteiger partial charge in [0.2, 0.25) is 0 Å². The van der Waals surface area contributed by atoms with Gasteiger partial charge in [0.05, 0.1) is 41.7 Å². The summed E-state index contributed by atoms with van der Waals surface area (Å²) in [5, 5.41) is 1.04. The zero-order valence-electron chi connectivity index (χ0n) is 22.7. The maximum Gasteiger partial charge on any atom is 0.338 e. The molecule has 1 atom stereocenters. The molecule has 0 bridgehead atoms. The Hall–Kier alpha value is -4.11. The van der Waals surface area contributed by atoms with Gasteiger partial charge in [-0.3, -0.25) is 9.36 Å². The largest absolute Gasteiger partial charge is 0.490 e. The van der Waals surface area contributed by atoms with E-state index in [0.29, 0.717) is 50.9 Å². The Morgan fingerprint density at radius 2 is 1.79 bits per heavy atom. The van der Waals surface area contributed by atoms with Crippen molar-refractivity contribution in [1.82, 2.24) is 9.55 Å². The van der Waals surface area contributed by atoms with Crippen molar-refractivity contribution in [2.45, 2.75) is 40.7 Å². The van der Waals surface area contributed by atoms with Crippen LogP contribution in [-0.4, -0.2) is 35.3 Å². The zero-order chi connectivity index (χ0) is 27.7. The summed E-state index contributed by atoms with van der Waals surface area (Å²) in [4.78, 5) is 35.8. The van der Waals surface area contributed by atoms with Crippen LogP contribution in [0.3, 0.4) is 0 Å². The van der Waals surface area contributed by atoms with Gasteiger partial charge in [-0.25, -0.2) is 9.79 Å². The van der Waals surface area contributed by atoms with Gasteiger partial charge in [-0.1, -0.05) is 35.6 Å². The van der Waals surface area contributed by atoms with Gasteiger partial charge in [-0.15, -0.1) is 0 Å². The first-order valence-corrected chi connectivity index (χ1v) is 13.9. The van der Waals surface area contributed by atoms with Crippen LogP contribution in [0.4, 0.5) is 0 Å². The number of aryl methyl sites for hydroxylation is 1. The minimum Gasteiger partial charge on any atom is -0.490 e. The third kappa shape index (κ3) is 4.78. The second-order valence-electron chi connectivity index (χ2n) is 9.08. The fourth-order valence-electron chi connectivity index (χ4n) is 4.96. The number of aromatic amines is 1. The van der Waals surface area contributed by atoms with E-state index in [1.165, 1.54) is 11.3 Å². The summed E-state index contributed by atoms with van der Waals surface area (Å²) in [7, 11) is 0. The third-order valence-corrected chi connectivity index (χ3v) is 7.60. The average molecular weight is 546 g/mol. The number of carbonyl (C=O) groups is 1. The van der Waals surface area contributed by atoms with Crippen LogP contribution in [0.25, 0.3) is 17.0 Å². The lowest BCUT2D eigenvalue weighted by Crippen LogP contribution is -2.40. The number of nitrogens with zero attached hydrogens (tertiary/aromatic N) is 2. The highest BCUT2D eigenvalue weighted by Crippen LogP contribution is 2.36. The van der Waals surface area contributed by atoms with E-state index in [2.05, 4.69) is 9.98 Å². The number of H-pyrrole nitrogens is 1.